The second-order valence-corrected chi connectivity index (χ2v) is 6.73. The molecule has 0 saturated carbocycles. The minimum absolute atomic E-state index is 0.355. The van der Waals surface area contributed by atoms with Gasteiger partial charge in [0.15, 0.2) is 17.8 Å². The number of aromatic nitrogens is 3. The Hall–Kier alpha value is -2.63. The molecule has 3 rings (SSSR count). The van der Waals surface area contributed by atoms with E-state index in [0.717, 1.165) is 31.2 Å². The predicted octanol–water partition coefficient (Wildman–Crippen LogP) is 4.09. The van der Waals surface area contributed by atoms with E-state index in [1.54, 1.807) is 6.20 Å². The van der Waals surface area contributed by atoms with Gasteiger partial charge in [-0.25, -0.2) is 4.98 Å². The number of aldehydes is 1. The lowest BCUT2D eigenvalue weighted by Gasteiger charge is -2.23. The van der Waals surface area contributed by atoms with Crippen molar-refractivity contribution in [2.45, 2.75) is 45.6 Å². The van der Waals surface area contributed by atoms with Gasteiger partial charge in [-0.3, -0.25) is 9.78 Å². The van der Waals surface area contributed by atoms with Gasteiger partial charge in [0.25, 0.3) is 0 Å². The van der Waals surface area contributed by atoms with Crippen LogP contribution in [-0.4, -0.2) is 34.5 Å². The highest BCUT2D eigenvalue weighted by Gasteiger charge is 2.20. The summed E-state index contributed by atoms with van der Waals surface area (Å²) in [4.78, 5) is 19.8. The minimum atomic E-state index is 0.355. The summed E-state index contributed by atoms with van der Waals surface area (Å²) in [5.41, 5.74) is 4.13. The molecule has 2 aromatic heterocycles. The van der Waals surface area contributed by atoms with Crippen LogP contribution in [0.3, 0.4) is 0 Å². The van der Waals surface area contributed by atoms with E-state index in [2.05, 4.69) is 28.4 Å². The fourth-order valence-corrected chi connectivity index (χ4v) is 3.38. The predicted molar refractivity (Wildman–Crippen MR) is 99.7 cm³/mol. The third kappa shape index (κ3) is 3.64. The molecule has 0 bridgehead atoms. The van der Waals surface area contributed by atoms with Crippen molar-refractivity contribution >= 4 is 11.9 Å². The fraction of sp³-hybridized carbons (Fsp3) is 0.450. The molecule has 0 unspecified atom stereocenters. The summed E-state index contributed by atoms with van der Waals surface area (Å²) in [6.45, 7) is 4.75. The zero-order valence-electron chi connectivity index (χ0n) is 15.6. The lowest BCUT2D eigenvalue weighted by Crippen LogP contribution is -2.12. The van der Waals surface area contributed by atoms with Crippen LogP contribution < -0.4 is 9.47 Å². The molecular weight excluding hydrogens is 330 g/mol. The summed E-state index contributed by atoms with van der Waals surface area (Å²) in [6, 6.07) is 0.355. The van der Waals surface area contributed by atoms with E-state index in [-0.39, 0.29) is 0 Å². The first kappa shape index (κ1) is 18.2. The van der Waals surface area contributed by atoms with E-state index in [9.17, 15) is 4.79 Å². The van der Waals surface area contributed by atoms with Gasteiger partial charge < -0.3 is 14.0 Å². The Kier molecular flexibility index (Phi) is 5.71. The average molecular weight is 355 g/mol. The van der Waals surface area contributed by atoms with E-state index < -0.39 is 0 Å². The largest absolute Gasteiger partial charge is 0.494 e. The highest BCUT2D eigenvalue weighted by atomic mass is 16.5. The van der Waals surface area contributed by atoms with Crippen LogP contribution in [0.25, 0.3) is 5.57 Å². The molecule has 6 nitrogen and oxygen atoms in total. The van der Waals surface area contributed by atoms with Gasteiger partial charge in [0.2, 0.25) is 0 Å². The maximum absolute atomic E-state index is 11.4. The minimum Gasteiger partial charge on any atom is -0.494 e. The first-order chi connectivity index (χ1) is 12.7. The number of rotatable bonds is 7. The molecule has 0 aliphatic heterocycles. The highest BCUT2D eigenvalue weighted by molar-refractivity contribution is 5.83. The first-order valence-corrected chi connectivity index (χ1v) is 8.98. The molecule has 138 valence electrons. The Morgan fingerprint density at radius 3 is 2.65 bits per heavy atom. The second-order valence-electron chi connectivity index (χ2n) is 6.73. The standard InChI is InChI=1S/C20H25N3O3/c1-14(2)23-13-22-8-18(23)16-7-5-4-6-15(16)12-26-20-10-21-9-19(25-3)17(20)11-24/h8-11,13-14H,4-7,12H2,1-3H3. The van der Waals surface area contributed by atoms with Gasteiger partial charge in [-0.15, -0.1) is 0 Å². The lowest BCUT2D eigenvalue weighted by molar-refractivity contribution is 0.111. The van der Waals surface area contributed by atoms with Gasteiger partial charge in [-0.2, -0.15) is 0 Å². The zero-order valence-corrected chi connectivity index (χ0v) is 15.6. The molecule has 2 heterocycles. The number of hydrogen-bond acceptors (Lipinski definition) is 5. The number of pyridine rings is 1. The van der Waals surface area contributed by atoms with Crippen molar-refractivity contribution in [3.8, 4) is 11.5 Å². The smallest absolute Gasteiger partial charge is 0.157 e. The van der Waals surface area contributed by atoms with E-state index >= 15 is 0 Å². The number of carbonyl (C=O) groups excluding carboxylic acids is 1. The average Bonchev–Trinajstić information content (AvgIpc) is 3.16. The number of imidazole rings is 1. The Labute approximate surface area is 153 Å². The number of nitrogens with zero attached hydrogens (tertiary/aromatic N) is 3. The number of carbonyl (C=O) groups is 1. The van der Waals surface area contributed by atoms with Crippen LogP contribution in [0.5, 0.6) is 11.5 Å². The fourth-order valence-electron chi connectivity index (χ4n) is 3.38. The van der Waals surface area contributed by atoms with Crippen molar-refractivity contribution in [3.63, 3.8) is 0 Å². The molecule has 0 radical (unpaired) electrons. The van der Waals surface area contributed by atoms with Crippen molar-refractivity contribution in [3.05, 3.63) is 41.7 Å². The Bertz CT molecular complexity index is 808. The third-order valence-electron chi connectivity index (χ3n) is 4.77. The summed E-state index contributed by atoms with van der Waals surface area (Å²) in [6.07, 6.45) is 12.0. The van der Waals surface area contributed by atoms with Crippen LogP contribution in [-0.2, 0) is 0 Å². The summed E-state index contributed by atoms with van der Waals surface area (Å²) in [5, 5.41) is 0. The van der Waals surface area contributed by atoms with E-state index in [4.69, 9.17) is 9.47 Å². The number of methoxy groups -OCH3 is 1. The molecule has 0 amide bonds. The monoisotopic (exact) mass is 355 g/mol. The molecule has 0 aromatic carbocycles. The summed E-state index contributed by atoms with van der Waals surface area (Å²) in [7, 11) is 1.52. The summed E-state index contributed by atoms with van der Waals surface area (Å²) >= 11 is 0. The summed E-state index contributed by atoms with van der Waals surface area (Å²) < 4.78 is 13.4. The lowest BCUT2D eigenvalue weighted by atomic mass is 9.90. The molecule has 0 fully saturated rings. The second kappa shape index (κ2) is 8.17. The maximum atomic E-state index is 11.4. The highest BCUT2D eigenvalue weighted by Crippen LogP contribution is 2.34. The molecule has 0 atom stereocenters. The van der Waals surface area contributed by atoms with Crippen molar-refractivity contribution < 1.29 is 14.3 Å². The Morgan fingerprint density at radius 2 is 1.92 bits per heavy atom. The van der Waals surface area contributed by atoms with Crippen molar-refractivity contribution in [1.29, 1.82) is 0 Å². The quantitative estimate of drug-likeness (QED) is 0.700. The Morgan fingerprint density at radius 1 is 1.15 bits per heavy atom. The molecule has 2 aromatic rings. The molecule has 0 N–H and O–H groups in total. The topological polar surface area (TPSA) is 66.2 Å². The van der Waals surface area contributed by atoms with Crippen molar-refractivity contribution in [2.75, 3.05) is 13.7 Å². The first-order valence-electron chi connectivity index (χ1n) is 8.98. The Balaban J connectivity index is 1.89. The SMILES string of the molecule is COc1cncc(OCC2=C(c3cncn3C(C)C)CCCC2)c1C=O. The summed E-state index contributed by atoms with van der Waals surface area (Å²) in [5.74, 6) is 0.877. The van der Waals surface area contributed by atoms with Gasteiger partial charge in [0, 0.05) is 6.04 Å². The number of allylic oxidation sites excluding steroid dienone is 1. The molecule has 26 heavy (non-hydrogen) atoms. The van der Waals surface area contributed by atoms with E-state index in [0.29, 0.717) is 29.7 Å². The van der Waals surface area contributed by atoms with Crippen LogP contribution in [0.15, 0.2) is 30.5 Å². The van der Waals surface area contributed by atoms with Crippen LogP contribution in [0.2, 0.25) is 0 Å². The number of hydrogen-bond donors (Lipinski definition) is 0. The normalized spacial score (nSPS) is 14.6. The van der Waals surface area contributed by atoms with Crippen molar-refractivity contribution in [1.82, 2.24) is 14.5 Å². The van der Waals surface area contributed by atoms with E-state index in [1.807, 2.05) is 12.5 Å². The van der Waals surface area contributed by atoms with Gasteiger partial charge in [-0.1, -0.05) is 0 Å². The number of ether oxygens (including phenoxy) is 2. The van der Waals surface area contributed by atoms with Crippen molar-refractivity contribution in [2.24, 2.45) is 0 Å². The molecule has 6 heteroatoms. The molecule has 1 aliphatic rings. The van der Waals surface area contributed by atoms with Crippen LogP contribution in [0.1, 0.15) is 61.6 Å². The molecular formula is C20H25N3O3. The van der Waals surface area contributed by atoms with Gasteiger partial charge in [-0.05, 0) is 50.7 Å². The van der Waals surface area contributed by atoms with Crippen LogP contribution >= 0.6 is 0 Å². The molecule has 0 saturated heterocycles. The van der Waals surface area contributed by atoms with Crippen LogP contribution in [0.4, 0.5) is 0 Å². The third-order valence-corrected chi connectivity index (χ3v) is 4.77. The zero-order chi connectivity index (χ0) is 18.5. The maximum Gasteiger partial charge on any atom is 0.157 e. The van der Waals surface area contributed by atoms with Gasteiger partial charge in [0.1, 0.15) is 12.2 Å². The van der Waals surface area contributed by atoms with Gasteiger partial charge in [0.05, 0.1) is 37.7 Å². The molecule has 1 aliphatic carbocycles. The molecule has 0 spiro atoms. The van der Waals surface area contributed by atoms with Gasteiger partial charge >= 0.3 is 0 Å². The van der Waals surface area contributed by atoms with Crippen LogP contribution in [0, 0.1) is 0 Å². The van der Waals surface area contributed by atoms with E-state index in [1.165, 1.54) is 30.9 Å².